The molecule has 7 nitrogen and oxygen atoms in total. The highest BCUT2D eigenvalue weighted by Gasteiger charge is 2.35. The highest BCUT2D eigenvalue weighted by atomic mass is 31.2. The van der Waals surface area contributed by atoms with E-state index in [9.17, 15) is 4.57 Å². The van der Waals surface area contributed by atoms with Gasteiger partial charge in [0.05, 0.1) is 39.3 Å². The van der Waals surface area contributed by atoms with E-state index in [4.69, 9.17) is 19.9 Å². The molecular weight excluding hydrogens is 1590 g/mol. The Morgan fingerprint density at radius 2 is 0.389 bits per heavy atom. The van der Waals surface area contributed by atoms with E-state index in [1.165, 1.54) is 70.0 Å². The monoisotopic (exact) mass is 1670 g/mol. The summed E-state index contributed by atoms with van der Waals surface area (Å²) in [6.07, 6.45) is 0. The number of benzene rings is 20. The van der Waals surface area contributed by atoms with Crippen molar-refractivity contribution < 1.29 is 13.7 Å². The molecular formula is C116H77N4O3P3. The lowest BCUT2D eigenvalue weighted by atomic mass is 9.90. The van der Waals surface area contributed by atoms with Gasteiger partial charge in [-0.05, 0) is 101 Å². The molecule has 0 saturated heterocycles. The number of pyridine rings is 4. The fourth-order valence-electron chi connectivity index (χ4n) is 19.0. The molecule has 0 spiro atoms. The zero-order chi connectivity index (χ0) is 84.3. The van der Waals surface area contributed by atoms with Crippen LogP contribution in [0.3, 0.4) is 0 Å². The number of hydrogen-bond donors (Lipinski definition) is 0. The van der Waals surface area contributed by atoms with Crippen molar-refractivity contribution in [1.29, 1.82) is 0 Å². The largest absolute Gasteiger partial charge is 0.309 e. The van der Waals surface area contributed by atoms with Gasteiger partial charge in [0.1, 0.15) is 5.44 Å². The predicted molar refractivity (Wildman–Crippen MR) is 535 cm³/mol. The fraction of sp³-hybridized carbons (Fsp3) is 0. The van der Waals surface area contributed by atoms with Gasteiger partial charge in [-0.15, -0.1) is 0 Å². The Hall–Kier alpha value is -15.2. The maximum absolute atomic E-state index is 15.2. The lowest BCUT2D eigenvalue weighted by molar-refractivity contribution is 0.591. The van der Waals surface area contributed by atoms with Crippen LogP contribution in [0.2, 0.25) is 0 Å². The fourth-order valence-corrected chi connectivity index (χ4v) is 26.9. The Bertz CT molecular complexity index is 8100. The molecule has 24 rings (SSSR count). The molecule has 0 aliphatic rings. The first-order valence-electron chi connectivity index (χ1n) is 42.4. The molecule has 0 saturated carbocycles. The van der Waals surface area contributed by atoms with Crippen LogP contribution in [-0.2, 0) is 13.7 Å². The highest BCUT2D eigenvalue weighted by molar-refractivity contribution is 7.86. The summed E-state index contributed by atoms with van der Waals surface area (Å²) in [7, 11) is -9.47. The predicted octanol–water partition coefficient (Wildman–Crippen LogP) is 26.4. The summed E-state index contributed by atoms with van der Waals surface area (Å²) >= 11 is 0. The summed E-state index contributed by atoms with van der Waals surface area (Å²) in [4.78, 5) is 21.0. The molecule has 594 valence electrons. The normalized spacial score (nSPS) is 11.9. The first-order chi connectivity index (χ1) is 62.2. The first-order valence-corrected chi connectivity index (χ1v) is 47.5. The second-order valence-corrected chi connectivity index (χ2v) is 40.0. The first kappa shape index (κ1) is 76.9. The van der Waals surface area contributed by atoms with Gasteiger partial charge in [0.15, 0.2) is 21.4 Å². The minimum atomic E-state index is -3.26. The average Bonchev–Trinajstić information content (AvgIpc) is 0.719. The van der Waals surface area contributed by atoms with Crippen LogP contribution in [0.5, 0.6) is 0 Å². The summed E-state index contributed by atoms with van der Waals surface area (Å²) < 4.78 is 45.4. The van der Waals surface area contributed by atoms with Crippen molar-refractivity contribution in [3.8, 4) is 33.9 Å². The third kappa shape index (κ3) is 13.0. The molecule has 20 aromatic carbocycles. The van der Waals surface area contributed by atoms with Crippen molar-refractivity contribution in [3.63, 3.8) is 0 Å². The van der Waals surface area contributed by atoms with E-state index in [2.05, 4.69) is 224 Å². The Balaban J connectivity index is 0.000000112. The van der Waals surface area contributed by atoms with Crippen molar-refractivity contribution in [2.24, 2.45) is 0 Å². The number of fused-ring (bicyclic) bond motifs is 24. The Morgan fingerprint density at radius 1 is 0.151 bits per heavy atom. The summed E-state index contributed by atoms with van der Waals surface area (Å²) in [5, 5.41) is 31.1. The van der Waals surface area contributed by atoms with E-state index in [0.29, 0.717) is 11.1 Å². The van der Waals surface area contributed by atoms with Crippen LogP contribution >= 0.6 is 21.4 Å². The second kappa shape index (κ2) is 32.2. The molecule has 4 heterocycles. The van der Waals surface area contributed by atoms with Crippen LogP contribution in [-0.4, -0.2) is 19.9 Å². The lowest BCUT2D eigenvalue weighted by Crippen LogP contribution is -2.27. The molecule has 0 fully saturated rings. The van der Waals surface area contributed by atoms with Gasteiger partial charge < -0.3 is 13.7 Å². The quantitative estimate of drug-likeness (QED) is 0.0887. The number of rotatable bonds is 12. The Morgan fingerprint density at radius 3 is 0.730 bits per heavy atom. The Labute approximate surface area is 728 Å². The van der Waals surface area contributed by atoms with Gasteiger partial charge in [-0.2, -0.15) is 0 Å². The van der Waals surface area contributed by atoms with E-state index in [1.54, 1.807) is 0 Å². The van der Waals surface area contributed by atoms with Crippen molar-refractivity contribution in [2.75, 3.05) is 0 Å². The zero-order valence-electron chi connectivity index (χ0n) is 68.3. The smallest absolute Gasteiger partial charge is 0.188 e. The molecule has 0 atom stereocenters. The van der Waals surface area contributed by atoms with E-state index >= 15 is 9.13 Å². The van der Waals surface area contributed by atoms with E-state index in [1.807, 2.05) is 243 Å². The lowest BCUT2D eigenvalue weighted by Gasteiger charge is -2.21. The zero-order valence-corrected chi connectivity index (χ0v) is 71.0. The summed E-state index contributed by atoms with van der Waals surface area (Å²) in [6.45, 7) is 0. The molecule has 126 heavy (non-hydrogen) atoms. The maximum atomic E-state index is 15.2. The van der Waals surface area contributed by atoms with Crippen LogP contribution < -0.4 is 47.9 Å². The van der Waals surface area contributed by atoms with Gasteiger partial charge >= 0.3 is 0 Å². The maximum Gasteiger partial charge on any atom is 0.188 e. The van der Waals surface area contributed by atoms with Gasteiger partial charge in [-0.3, -0.25) is 0 Å². The minimum Gasteiger partial charge on any atom is -0.309 e. The number of aromatic nitrogens is 4. The standard InChI is InChI=1S/2C39H26NOP.C38H25N2OP/c41-42(28-15-3-1-4-16-28,29-17-5-2-6-18-29)30-19-13-14-27(26-30)39-38-34-23-10-8-21-32(34)31-20-7-9-22-33(31)37(38)35-24-11-12-25-36(35)40-39;41-42(28-13-3-1-4-14-28,29-15-5-2-6-16-29)30-25-23-27(24-26-30)39-38-34-20-10-8-18-32(34)31-17-7-9-19-33(31)37(38)35-21-11-12-22-36(35)40-39;41-42(26-14-3-1-4-15-26,27-16-5-2-6-17-27)35-25-13-24-34(39-35)38-37-31-21-10-8-19-29(31)28-18-7-9-20-30(28)36(37)32-22-11-12-23-33(32)40-38/h2*1-26H;1-25H. The molecule has 0 radical (unpaired) electrons. The van der Waals surface area contributed by atoms with Crippen LogP contribution in [0.1, 0.15) is 0 Å². The van der Waals surface area contributed by atoms with Crippen molar-refractivity contribution in [2.45, 2.75) is 0 Å². The van der Waals surface area contributed by atoms with E-state index in [-0.39, 0.29) is 0 Å². The van der Waals surface area contributed by atoms with Crippen LogP contribution in [0, 0.1) is 0 Å². The molecule has 4 aromatic heterocycles. The molecule has 0 N–H and O–H groups in total. The van der Waals surface area contributed by atoms with Crippen LogP contribution in [0.4, 0.5) is 0 Å². The molecule has 0 aliphatic carbocycles. The van der Waals surface area contributed by atoms with Gasteiger partial charge in [0, 0.05) is 102 Å². The molecule has 0 bridgehead atoms. The summed E-state index contributed by atoms with van der Waals surface area (Å²) in [5.74, 6) is 0. The molecule has 24 aromatic rings. The van der Waals surface area contributed by atoms with E-state index < -0.39 is 21.4 Å². The third-order valence-corrected chi connectivity index (χ3v) is 33.8. The van der Waals surface area contributed by atoms with Crippen LogP contribution in [0.25, 0.3) is 164 Å². The van der Waals surface area contributed by atoms with Gasteiger partial charge in [-0.1, -0.05) is 431 Å². The number of para-hydroxylation sites is 3. The van der Waals surface area contributed by atoms with Gasteiger partial charge in [0.25, 0.3) is 0 Å². The van der Waals surface area contributed by atoms with Crippen molar-refractivity contribution in [3.05, 3.63) is 467 Å². The van der Waals surface area contributed by atoms with Crippen molar-refractivity contribution in [1.82, 2.24) is 19.9 Å². The average molecular weight is 1670 g/mol. The minimum absolute atomic E-state index is 0.547. The molecule has 0 amide bonds. The summed E-state index contributed by atoms with van der Waals surface area (Å²) in [5.41, 5.74) is 8.65. The summed E-state index contributed by atoms with van der Waals surface area (Å²) in [6, 6.07) is 158. The van der Waals surface area contributed by atoms with Crippen molar-refractivity contribution >= 4 is 199 Å². The molecule has 0 unspecified atom stereocenters. The second-order valence-electron chi connectivity index (χ2n) is 31.8. The highest BCUT2D eigenvalue weighted by Crippen LogP contribution is 2.51. The van der Waals surface area contributed by atoms with Gasteiger partial charge in [-0.25, -0.2) is 19.9 Å². The van der Waals surface area contributed by atoms with Gasteiger partial charge in [0.2, 0.25) is 0 Å². The number of nitrogens with zero attached hydrogens (tertiary/aromatic N) is 4. The third-order valence-electron chi connectivity index (χ3n) is 24.7. The molecule has 10 heteroatoms. The van der Waals surface area contributed by atoms with E-state index in [0.717, 1.165) is 130 Å². The molecule has 0 aliphatic heterocycles. The number of hydrogen-bond acceptors (Lipinski definition) is 7. The van der Waals surface area contributed by atoms with Crippen LogP contribution in [0.15, 0.2) is 467 Å². The Kier molecular flexibility index (Phi) is 19.7. The topological polar surface area (TPSA) is 103 Å². The SMILES string of the molecule is O=P(c1ccccc1)(c1ccccc1)c1ccc(-c2nc3ccccc3c3c4ccccc4c4ccccc4c23)cc1.O=P(c1ccccc1)(c1ccccc1)c1cccc(-c2nc3ccccc3c3c4ccccc4c4ccccc4c23)c1.O=P(c1ccccc1)(c1ccccc1)c1cccc(-c2nc3ccccc3c3c4ccccc4c4ccccc4c23)n1.